The second kappa shape index (κ2) is 5.49. The van der Waals surface area contributed by atoms with Gasteiger partial charge in [-0.1, -0.05) is 5.21 Å². The Morgan fingerprint density at radius 1 is 1.43 bits per heavy atom. The molecule has 8 nitrogen and oxygen atoms in total. The molecule has 8 heteroatoms. The highest BCUT2D eigenvalue weighted by Crippen LogP contribution is 2.13. The lowest BCUT2D eigenvalue weighted by molar-refractivity contribution is -0.155. The number of aliphatic carboxylic acids is 1. The summed E-state index contributed by atoms with van der Waals surface area (Å²) in [6, 6.07) is 4.89. The molecule has 1 aromatic carbocycles. The zero-order valence-electron chi connectivity index (χ0n) is 11.7. The Labute approximate surface area is 120 Å². The first-order valence-corrected chi connectivity index (χ1v) is 6.42. The largest absolute Gasteiger partial charge is 0.479 e. The molecule has 2 rings (SSSR count). The van der Waals surface area contributed by atoms with Gasteiger partial charge in [-0.3, -0.25) is 4.79 Å². The third-order valence-corrected chi connectivity index (χ3v) is 3.13. The number of nitrogens with zero attached hydrogens (tertiary/aromatic N) is 3. The van der Waals surface area contributed by atoms with Crippen molar-refractivity contribution in [3.63, 3.8) is 0 Å². The Balaban J connectivity index is 2.15. The predicted molar refractivity (Wildman–Crippen MR) is 73.8 cm³/mol. The Morgan fingerprint density at radius 2 is 2.14 bits per heavy atom. The lowest BCUT2D eigenvalue weighted by atomic mass is 10.1. The summed E-state index contributed by atoms with van der Waals surface area (Å²) in [5.41, 5.74) is -0.293. The SMILES string of the molecule is CCn1nnc2cc(C(=O)NCC(C)(O)C(=O)O)ccc21. The minimum absolute atomic E-state index is 0.326. The summed E-state index contributed by atoms with van der Waals surface area (Å²) in [6.45, 7) is 3.33. The summed E-state index contributed by atoms with van der Waals surface area (Å²) < 4.78 is 1.70. The van der Waals surface area contributed by atoms with Crippen LogP contribution < -0.4 is 5.32 Å². The van der Waals surface area contributed by atoms with Crippen LogP contribution in [0, 0.1) is 0 Å². The van der Waals surface area contributed by atoms with Gasteiger partial charge in [0.2, 0.25) is 0 Å². The van der Waals surface area contributed by atoms with Crippen molar-refractivity contribution in [1.82, 2.24) is 20.3 Å². The fourth-order valence-corrected chi connectivity index (χ4v) is 1.78. The molecule has 0 spiro atoms. The molecule has 112 valence electrons. The molecule has 1 unspecified atom stereocenters. The first kappa shape index (κ1) is 14.9. The first-order chi connectivity index (χ1) is 9.85. The average Bonchev–Trinajstić information content (AvgIpc) is 2.86. The van der Waals surface area contributed by atoms with Crippen molar-refractivity contribution in [2.45, 2.75) is 26.0 Å². The standard InChI is InChI=1S/C13H16N4O4/c1-3-17-10-5-4-8(6-9(10)15-16-17)11(18)14-7-13(2,21)12(19)20/h4-6,21H,3,7H2,1-2H3,(H,14,18)(H,19,20). The van der Waals surface area contributed by atoms with Crippen LogP contribution in [0.5, 0.6) is 0 Å². The van der Waals surface area contributed by atoms with Crippen LogP contribution in [0.2, 0.25) is 0 Å². The summed E-state index contributed by atoms with van der Waals surface area (Å²) in [7, 11) is 0. The monoisotopic (exact) mass is 292 g/mol. The van der Waals surface area contributed by atoms with E-state index in [1.54, 1.807) is 22.9 Å². The van der Waals surface area contributed by atoms with E-state index in [0.717, 1.165) is 12.4 Å². The van der Waals surface area contributed by atoms with Gasteiger partial charge in [-0.25, -0.2) is 9.48 Å². The van der Waals surface area contributed by atoms with Crippen LogP contribution in [0.1, 0.15) is 24.2 Å². The summed E-state index contributed by atoms with van der Waals surface area (Å²) in [5.74, 6) is -1.88. The number of nitrogens with one attached hydrogen (secondary N) is 1. The molecule has 0 aliphatic rings. The number of hydrogen-bond acceptors (Lipinski definition) is 5. The number of rotatable bonds is 5. The molecule has 0 saturated heterocycles. The van der Waals surface area contributed by atoms with Gasteiger partial charge in [0.05, 0.1) is 12.1 Å². The van der Waals surface area contributed by atoms with E-state index in [-0.39, 0.29) is 6.54 Å². The lowest BCUT2D eigenvalue weighted by Crippen LogP contribution is -2.46. The smallest absolute Gasteiger partial charge is 0.337 e. The van der Waals surface area contributed by atoms with E-state index < -0.39 is 17.5 Å². The predicted octanol–water partition coefficient (Wildman–Crippen LogP) is 0.0166. The molecule has 2 aromatic rings. The number of carbonyl (C=O) groups is 2. The summed E-state index contributed by atoms with van der Waals surface area (Å²) in [5, 5.41) is 28.6. The zero-order valence-corrected chi connectivity index (χ0v) is 11.7. The molecule has 1 aromatic heterocycles. The third kappa shape index (κ3) is 3.00. The molecule has 0 fully saturated rings. The van der Waals surface area contributed by atoms with Crippen molar-refractivity contribution in [2.75, 3.05) is 6.54 Å². The molecular weight excluding hydrogens is 276 g/mol. The van der Waals surface area contributed by atoms with Crippen LogP contribution in [-0.2, 0) is 11.3 Å². The highest BCUT2D eigenvalue weighted by Gasteiger charge is 2.30. The fourth-order valence-electron chi connectivity index (χ4n) is 1.78. The van der Waals surface area contributed by atoms with E-state index in [4.69, 9.17) is 5.11 Å². The molecule has 21 heavy (non-hydrogen) atoms. The fraction of sp³-hybridized carbons (Fsp3) is 0.385. The van der Waals surface area contributed by atoms with Crippen LogP contribution in [0.15, 0.2) is 18.2 Å². The van der Waals surface area contributed by atoms with E-state index in [1.165, 1.54) is 0 Å². The molecule has 0 saturated carbocycles. The van der Waals surface area contributed by atoms with E-state index in [2.05, 4.69) is 15.6 Å². The van der Waals surface area contributed by atoms with Crippen LogP contribution in [0.25, 0.3) is 11.0 Å². The van der Waals surface area contributed by atoms with Gasteiger partial charge in [0, 0.05) is 12.1 Å². The molecule has 3 N–H and O–H groups in total. The summed E-state index contributed by atoms with van der Waals surface area (Å²) >= 11 is 0. The second-order valence-corrected chi connectivity index (χ2v) is 4.87. The van der Waals surface area contributed by atoms with Gasteiger partial charge in [0.25, 0.3) is 5.91 Å². The van der Waals surface area contributed by atoms with E-state index in [1.807, 2.05) is 6.92 Å². The average molecular weight is 292 g/mol. The number of carbonyl (C=O) groups excluding carboxylic acids is 1. The van der Waals surface area contributed by atoms with Gasteiger partial charge in [0.1, 0.15) is 5.52 Å². The molecule has 1 amide bonds. The molecular formula is C13H16N4O4. The number of amides is 1. The number of hydrogen-bond donors (Lipinski definition) is 3. The number of aromatic nitrogens is 3. The summed E-state index contributed by atoms with van der Waals surface area (Å²) in [4.78, 5) is 22.7. The highest BCUT2D eigenvalue weighted by atomic mass is 16.4. The molecule has 0 aliphatic heterocycles. The molecule has 1 atom stereocenters. The minimum atomic E-state index is -2.01. The topological polar surface area (TPSA) is 117 Å². The quantitative estimate of drug-likeness (QED) is 0.715. The number of carboxylic acids is 1. The van der Waals surface area contributed by atoms with Crippen LogP contribution in [0.3, 0.4) is 0 Å². The van der Waals surface area contributed by atoms with Crippen molar-refractivity contribution < 1.29 is 19.8 Å². The van der Waals surface area contributed by atoms with Crippen molar-refractivity contribution in [2.24, 2.45) is 0 Å². The van der Waals surface area contributed by atoms with Crippen molar-refractivity contribution >= 4 is 22.9 Å². The van der Waals surface area contributed by atoms with Crippen molar-refractivity contribution in [1.29, 1.82) is 0 Å². The molecule has 1 heterocycles. The van der Waals surface area contributed by atoms with E-state index >= 15 is 0 Å². The van der Waals surface area contributed by atoms with Crippen LogP contribution in [-0.4, -0.2) is 49.2 Å². The van der Waals surface area contributed by atoms with E-state index in [0.29, 0.717) is 17.6 Å². The normalized spacial score (nSPS) is 13.9. The van der Waals surface area contributed by atoms with Gasteiger partial charge in [-0.2, -0.15) is 0 Å². The number of aliphatic hydroxyl groups is 1. The summed E-state index contributed by atoms with van der Waals surface area (Å²) in [6.07, 6.45) is 0. The number of carboxylic acid groups (broad SMARTS) is 1. The second-order valence-electron chi connectivity index (χ2n) is 4.87. The molecule has 0 aliphatic carbocycles. The lowest BCUT2D eigenvalue weighted by Gasteiger charge is -2.18. The van der Waals surface area contributed by atoms with Gasteiger partial charge >= 0.3 is 5.97 Å². The maximum Gasteiger partial charge on any atom is 0.337 e. The Hall–Kier alpha value is -2.48. The first-order valence-electron chi connectivity index (χ1n) is 6.42. The maximum absolute atomic E-state index is 12.0. The van der Waals surface area contributed by atoms with Gasteiger partial charge in [0.15, 0.2) is 5.60 Å². The van der Waals surface area contributed by atoms with Crippen LogP contribution in [0.4, 0.5) is 0 Å². The van der Waals surface area contributed by atoms with Gasteiger partial charge in [-0.05, 0) is 32.0 Å². The minimum Gasteiger partial charge on any atom is -0.479 e. The molecule has 0 radical (unpaired) electrons. The number of benzene rings is 1. The Bertz CT molecular complexity index is 693. The van der Waals surface area contributed by atoms with Crippen molar-refractivity contribution in [3.05, 3.63) is 23.8 Å². The molecule has 0 bridgehead atoms. The maximum atomic E-state index is 12.0. The number of aryl methyl sites for hydroxylation is 1. The van der Waals surface area contributed by atoms with E-state index in [9.17, 15) is 14.7 Å². The van der Waals surface area contributed by atoms with Crippen molar-refractivity contribution in [3.8, 4) is 0 Å². The third-order valence-electron chi connectivity index (χ3n) is 3.13. The zero-order chi connectivity index (χ0) is 15.6. The van der Waals surface area contributed by atoms with Crippen LogP contribution >= 0.6 is 0 Å². The number of fused-ring (bicyclic) bond motifs is 1. The Morgan fingerprint density at radius 3 is 2.76 bits per heavy atom. The van der Waals surface area contributed by atoms with Gasteiger partial charge < -0.3 is 15.5 Å². The Kier molecular flexibility index (Phi) is 3.90. The highest BCUT2D eigenvalue weighted by molar-refractivity contribution is 5.97. The van der Waals surface area contributed by atoms with Gasteiger partial charge in [-0.15, -0.1) is 5.10 Å².